The van der Waals surface area contributed by atoms with Crippen LogP contribution in [0.2, 0.25) is 0 Å². The van der Waals surface area contributed by atoms with Crippen LogP contribution >= 0.6 is 0 Å². The minimum Gasteiger partial charge on any atom is -0.355 e. The predicted molar refractivity (Wildman–Crippen MR) is 69.2 cm³/mol. The summed E-state index contributed by atoms with van der Waals surface area (Å²) < 4.78 is 1.94. The monoisotopic (exact) mass is 246 g/mol. The smallest absolute Gasteiger partial charge is 0.222 e. The normalized spacial score (nSPS) is 12.6. The minimum atomic E-state index is 0.0696. The molecule has 0 fully saturated rings. The molecule has 18 heavy (non-hydrogen) atoms. The van der Waals surface area contributed by atoms with Crippen molar-refractivity contribution in [3.63, 3.8) is 0 Å². The highest BCUT2D eigenvalue weighted by Crippen LogP contribution is 2.03. The van der Waals surface area contributed by atoms with Gasteiger partial charge in [-0.25, -0.2) is 0 Å². The highest BCUT2D eigenvalue weighted by molar-refractivity contribution is 5.78. The van der Waals surface area contributed by atoms with Gasteiger partial charge in [0, 0.05) is 25.1 Å². The molecule has 2 aromatic heterocycles. The number of hydrogen-bond acceptors (Lipinski definition) is 3. The van der Waals surface area contributed by atoms with E-state index in [0.29, 0.717) is 13.0 Å². The van der Waals surface area contributed by atoms with E-state index >= 15 is 0 Å². The molecule has 0 saturated carbocycles. The van der Waals surface area contributed by atoms with Crippen LogP contribution in [0.3, 0.4) is 0 Å². The van der Waals surface area contributed by atoms with E-state index in [1.807, 2.05) is 42.6 Å². The van der Waals surface area contributed by atoms with Crippen LogP contribution in [0, 0.1) is 5.92 Å². The summed E-state index contributed by atoms with van der Waals surface area (Å²) in [4.78, 5) is 11.6. The van der Waals surface area contributed by atoms with Gasteiger partial charge in [-0.2, -0.15) is 0 Å². The first-order valence-corrected chi connectivity index (χ1v) is 6.28. The maximum absolute atomic E-state index is 11.6. The molecule has 5 nitrogen and oxygen atoms in total. The van der Waals surface area contributed by atoms with Crippen molar-refractivity contribution in [3.8, 4) is 0 Å². The number of aromatic nitrogens is 3. The first-order valence-electron chi connectivity index (χ1n) is 6.28. The zero-order chi connectivity index (χ0) is 13.0. The number of carbonyl (C=O) groups is 1. The quantitative estimate of drug-likeness (QED) is 0.868. The third-order valence-corrected chi connectivity index (χ3v) is 3.09. The van der Waals surface area contributed by atoms with E-state index in [9.17, 15) is 4.79 Å². The molecule has 2 heterocycles. The van der Waals surface area contributed by atoms with Crippen molar-refractivity contribution in [1.29, 1.82) is 0 Å². The van der Waals surface area contributed by atoms with Crippen LogP contribution in [0.15, 0.2) is 24.4 Å². The van der Waals surface area contributed by atoms with Gasteiger partial charge in [-0.05, 0) is 18.6 Å². The number of amides is 1. The number of nitrogens with one attached hydrogen (secondary N) is 1. The Labute approximate surface area is 106 Å². The summed E-state index contributed by atoms with van der Waals surface area (Å²) in [6, 6.07) is 5.78. The number of nitrogens with zero attached hydrogens (tertiary/aromatic N) is 3. The molecular weight excluding hydrogens is 228 g/mol. The van der Waals surface area contributed by atoms with Gasteiger partial charge in [-0.3, -0.25) is 9.20 Å². The van der Waals surface area contributed by atoms with E-state index in [2.05, 4.69) is 15.5 Å². The van der Waals surface area contributed by atoms with Gasteiger partial charge in [0.15, 0.2) is 5.65 Å². The molecule has 1 amide bonds. The summed E-state index contributed by atoms with van der Waals surface area (Å²) in [7, 11) is 0. The van der Waals surface area contributed by atoms with Gasteiger partial charge in [0.05, 0.1) is 0 Å². The molecule has 0 saturated heterocycles. The van der Waals surface area contributed by atoms with E-state index in [4.69, 9.17) is 0 Å². The summed E-state index contributed by atoms with van der Waals surface area (Å²) >= 11 is 0. The van der Waals surface area contributed by atoms with Gasteiger partial charge in [0.25, 0.3) is 0 Å². The maximum Gasteiger partial charge on any atom is 0.222 e. The minimum absolute atomic E-state index is 0.0696. The zero-order valence-electron chi connectivity index (χ0n) is 10.8. The van der Waals surface area contributed by atoms with E-state index in [1.54, 1.807) is 0 Å². The molecule has 0 aromatic carbocycles. The lowest BCUT2D eigenvalue weighted by Gasteiger charge is -2.09. The number of carbonyl (C=O) groups excluding carboxylic acids is 1. The molecule has 0 radical (unpaired) electrons. The van der Waals surface area contributed by atoms with E-state index in [0.717, 1.165) is 17.9 Å². The molecule has 0 aliphatic rings. The average molecular weight is 246 g/mol. The second-order valence-corrected chi connectivity index (χ2v) is 4.40. The molecular formula is C13H18N4O. The number of rotatable bonds is 5. The van der Waals surface area contributed by atoms with Gasteiger partial charge >= 0.3 is 0 Å². The van der Waals surface area contributed by atoms with Crippen molar-refractivity contribution in [2.45, 2.75) is 26.7 Å². The third-order valence-electron chi connectivity index (χ3n) is 3.09. The molecule has 0 bridgehead atoms. The third kappa shape index (κ3) is 2.67. The molecule has 0 unspecified atom stereocenters. The van der Waals surface area contributed by atoms with Crippen molar-refractivity contribution in [1.82, 2.24) is 19.9 Å². The average Bonchev–Trinajstić information content (AvgIpc) is 2.81. The fourth-order valence-electron chi connectivity index (χ4n) is 1.72. The van der Waals surface area contributed by atoms with Crippen LogP contribution in [0.4, 0.5) is 0 Å². The second kappa shape index (κ2) is 5.62. The maximum atomic E-state index is 11.6. The summed E-state index contributed by atoms with van der Waals surface area (Å²) in [6.45, 7) is 4.54. The summed E-state index contributed by atoms with van der Waals surface area (Å²) in [5.74, 6) is 1.04. The van der Waals surface area contributed by atoms with Crippen LogP contribution in [0.5, 0.6) is 0 Å². The molecule has 2 aromatic rings. The lowest BCUT2D eigenvalue weighted by Crippen LogP contribution is -2.30. The first kappa shape index (κ1) is 12.5. The van der Waals surface area contributed by atoms with Gasteiger partial charge in [0.2, 0.25) is 5.91 Å². The molecule has 0 aliphatic carbocycles. The summed E-state index contributed by atoms with van der Waals surface area (Å²) in [5.41, 5.74) is 0.834. The molecule has 96 valence electrons. The van der Waals surface area contributed by atoms with E-state index in [1.165, 1.54) is 0 Å². The number of pyridine rings is 1. The second-order valence-electron chi connectivity index (χ2n) is 4.40. The Kier molecular flexibility index (Phi) is 3.92. The topological polar surface area (TPSA) is 59.3 Å². The first-order chi connectivity index (χ1) is 8.72. The van der Waals surface area contributed by atoms with E-state index < -0.39 is 0 Å². The SMILES string of the molecule is CC[C@H](C)C(=O)NCCc1nnc2ccccn12. The van der Waals surface area contributed by atoms with Gasteiger partial charge in [-0.1, -0.05) is 19.9 Å². The van der Waals surface area contributed by atoms with Gasteiger partial charge in [-0.15, -0.1) is 10.2 Å². The number of fused-ring (bicyclic) bond motifs is 1. The van der Waals surface area contributed by atoms with Gasteiger partial charge < -0.3 is 5.32 Å². The molecule has 1 N–H and O–H groups in total. The molecule has 5 heteroatoms. The molecule has 0 spiro atoms. The Morgan fingerprint density at radius 1 is 1.44 bits per heavy atom. The van der Waals surface area contributed by atoms with Crippen molar-refractivity contribution in [3.05, 3.63) is 30.2 Å². The predicted octanol–water partition coefficient (Wildman–Crippen LogP) is 1.43. The number of hydrogen-bond donors (Lipinski definition) is 1. The Balaban J connectivity index is 1.93. The molecule has 0 aliphatic heterocycles. The Bertz CT molecular complexity index is 535. The van der Waals surface area contributed by atoms with E-state index in [-0.39, 0.29) is 11.8 Å². The lowest BCUT2D eigenvalue weighted by atomic mass is 10.1. The van der Waals surface area contributed by atoms with Crippen molar-refractivity contribution in [2.24, 2.45) is 5.92 Å². The van der Waals surface area contributed by atoms with Gasteiger partial charge in [0.1, 0.15) is 5.82 Å². The standard InChI is InChI=1S/C13H18N4O/c1-3-10(2)13(18)14-8-7-12-16-15-11-6-4-5-9-17(11)12/h4-6,9-10H,3,7-8H2,1-2H3,(H,14,18)/t10-/m0/s1. The Morgan fingerprint density at radius 3 is 3.06 bits per heavy atom. The fraction of sp³-hybridized carbons (Fsp3) is 0.462. The highest BCUT2D eigenvalue weighted by atomic mass is 16.1. The van der Waals surface area contributed by atoms with Crippen molar-refractivity contribution in [2.75, 3.05) is 6.54 Å². The van der Waals surface area contributed by atoms with Crippen LogP contribution in [0.1, 0.15) is 26.1 Å². The lowest BCUT2D eigenvalue weighted by molar-refractivity contribution is -0.124. The van der Waals surface area contributed by atoms with Crippen LogP contribution in [0.25, 0.3) is 5.65 Å². The molecule has 1 atom stereocenters. The fourth-order valence-corrected chi connectivity index (χ4v) is 1.72. The highest BCUT2D eigenvalue weighted by Gasteiger charge is 2.10. The molecule has 2 rings (SSSR count). The van der Waals surface area contributed by atoms with Crippen molar-refractivity contribution < 1.29 is 4.79 Å². The Morgan fingerprint density at radius 2 is 2.28 bits per heavy atom. The van der Waals surface area contributed by atoms with Crippen molar-refractivity contribution >= 4 is 11.6 Å². The summed E-state index contributed by atoms with van der Waals surface area (Å²) in [6.07, 6.45) is 3.48. The Hall–Kier alpha value is -1.91. The van der Waals surface area contributed by atoms with Crippen LogP contribution < -0.4 is 5.32 Å². The summed E-state index contributed by atoms with van der Waals surface area (Å²) in [5, 5.41) is 11.1. The zero-order valence-corrected chi connectivity index (χ0v) is 10.8. The van der Waals surface area contributed by atoms with Crippen LogP contribution in [-0.4, -0.2) is 27.0 Å². The van der Waals surface area contributed by atoms with Crippen LogP contribution in [-0.2, 0) is 11.2 Å². The largest absolute Gasteiger partial charge is 0.355 e.